The highest BCUT2D eigenvalue weighted by Gasteiger charge is 2.19. The van der Waals surface area contributed by atoms with Crippen molar-refractivity contribution >= 4 is 23.5 Å². The van der Waals surface area contributed by atoms with Crippen LogP contribution in [0.5, 0.6) is 5.75 Å². The molecule has 0 aromatic heterocycles. The van der Waals surface area contributed by atoms with Gasteiger partial charge in [-0.15, -0.1) is 0 Å². The van der Waals surface area contributed by atoms with Crippen LogP contribution < -0.4 is 10.1 Å². The second-order valence-electron chi connectivity index (χ2n) is 5.78. The summed E-state index contributed by atoms with van der Waals surface area (Å²) < 4.78 is 5.36. The first-order chi connectivity index (χ1) is 11.3. The van der Waals surface area contributed by atoms with Gasteiger partial charge in [0, 0.05) is 6.92 Å². The molecule has 1 unspecified atom stereocenters. The molecule has 1 amide bonds. The number of amides is 1. The molecule has 0 aliphatic rings. The van der Waals surface area contributed by atoms with Crippen molar-refractivity contribution in [1.82, 2.24) is 5.32 Å². The van der Waals surface area contributed by atoms with Crippen LogP contribution in [0.25, 0.3) is 0 Å². The Morgan fingerprint density at radius 2 is 1.71 bits per heavy atom. The molecule has 0 radical (unpaired) electrons. The van der Waals surface area contributed by atoms with E-state index in [2.05, 4.69) is 5.32 Å². The van der Waals surface area contributed by atoms with Gasteiger partial charge in [0.1, 0.15) is 5.75 Å². The highest BCUT2D eigenvalue weighted by molar-refractivity contribution is 6.32. The van der Waals surface area contributed by atoms with Crippen molar-refractivity contribution < 1.29 is 14.3 Å². The fraction of sp³-hybridized carbons (Fsp3) is 0.263. The topological polar surface area (TPSA) is 55.4 Å². The molecule has 2 rings (SSSR count). The van der Waals surface area contributed by atoms with Crippen molar-refractivity contribution in [2.24, 2.45) is 0 Å². The lowest BCUT2D eigenvalue weighted by Crippen LogP contribution is -2.29. The molecule has 0 aliphatic carbocycles. The van der Waals surface area contributed by atoms with E-state index in [1.165, 1.54) is 6.92 Å². The summed E-state index contributed by atoms with van der Waals surface area (Å²) in [5.41, 5.74) is 2.90. The van der Waals surface area contributed by atoms with Gasteiger partial charge in [0.15, 0.2) is 0 Å². The van der Waals surface area contributed by atoms with E-state index in [1.54, 1.807) is 12.1 Å². The highest BCUT2D eigenvalue weighted by atomic mass is 35.5. The van der Waals surface area contributed by atoms with Crippen LogP contribution in [-0.2, 0) is 9.59 Å². The van der Waals surface area contributed by atoms with Crippen LogP contribution in [0.4, 0.5) is 0 Å². The zero-order valence-corrected chi connectivity index (χ0v) is 14.7. The first kappa shape index (κ1) is 18.0. The summed E-state index contributed by atoms with van der Waals surface area (Å²) in [5, 5.41) is 3.16. The van der Waals surface area contributed by atoms with Gasteiger partial charge < -0.3 is 10.1 Å². The van der Waals surface area contributed by atoms with E-state index in [9.17, 15) is 9.59 Å². The Balaban J connectivity index is 2.13. The van der Waals surface area contributed by atoms with Crippen LogP contribution in [0, 0.1) is 13.8 Å². The van der Waals surface area contributed by atoms with Crippen LogP contribution in [0.1, 0.15) is 36.1 Å². The van der Waals surface area contributed by atoms with Crippen LogP contribution in [0.2, 0.25) is 5.02 Å². The van der Waals surface area contributed by atoms with Crippen LogP contribution in [-0.4, -0.2) is 11.9 Å². The van der Waals surface area contributed by atoms with Gasteiger partial charge in [-0.3, -0.25) is 9.59 Å². The van der Waals surface area contributed by atoms with Crippen molar-refractivity contribution in [2.45, 2.75) is 33.2 Å². The average Bonchev–Trinajstić information content (AvgIpc) is 2.50. The fourth-order valence-electron chi connectivity index (χ4n) is 2.32. The van der Waals surface area contributed by atoms with E-state index < -0.39 is 12.0 Å². The smallest absolute Gasteiger partial charge is 0.313 e. The van der Waals surface area contributed by atoms with Crippen LogP contribution in [0.3, 0.4) is 0 Å². The summed E-state index contributed by atoms with van der Waals surface area (Å²) in [6, 6.07) is 12.4. The minimum absolute atomic E-state index is 0.0207. The van der Waals surface area contributed by atoms with Crippen LogP contribution >= 0.6 is 11.6 Å². The minimum Gasteiger partial charge on any atom is -0.425 e. The van der Waals surface area contributed by atoms with Crippen molar-refractivity contribution in [1.29, 1.82) is 0 Å². The number of aryl methyl sites for hydroxylation is 2. The van der Waals surface area contributed by atoms with E-state index >= 15 is 0 Å². The summed E-state index contributed by atoms with van der Waals surface area (Å²) >= 11 is 6.05. The van der Waals surface area contributed by atoms with Crippen molar-refractivity contribution in [3.63, 3.8) is 0 Å². The average molecular weight is 346 g/mol. The van der Waals surface area contributed by atoms with E-state index in [-0.39, 0.29) is 12.3 Å². The minimum atomic E-state index is -0.457. The molecule has 0 aliphatic heterocycles. The molecule has 0 heterocycles. The van der Waals surface area contributed by atoms with Crippen molar-refractivity contribution in [3.8, 4) is 5.75 Å². The standard InChI is InChI=1S/C19H20ClNO3/c1-12-4-7-15(8-5-12)17(21-14(3)22)11-19(23)24-18-10-13(2)6-9-16(18)20/h4-10,17H,11H2,1-3H3,(H,21,22). The molecule has 4 nitrogen and oxygen atoms in total. The van der Waals surface area contributed by atoms with E-state index in [0.717, 1.165) is 16.7 Å². The molecule has 2 aromatic carbocycles. The lowest BCUT2D eigenvalue weighted by molar-refractivity contribution is -0.135. The molecule has 0 saturated heterocycles. The lowest BCUT2D eigenvalue weighted by atomic mass is 10.0. The maximum absolute atomic E-state index is 12.3. The lowest BCUT2D eigenvalue weighted by Gasteiger charge is -2.18. The SMILES string of the molecule is CC(=O)NC(CC(=O)Oc1cc(C)ccc1Cl)c1ccc(C)cc1. The normalized spacial score (nSPS) is 11.7. The molecular weight excluding hydrogens is 326 g/mol. The van der Waals surface area contributed by atoms with Crippen LogP contribution in [0.15, 0.2) is 42.5 Å². The maximum atomic E-state index is 12.3. The number of ether oxygens (including phenoxy) is 1. The second-order valence-corrected chi connectivity index (χ2v) is 6.18. The number of hydrogen-bond acceptors (Lipinski definition) is 3. The largest absolute Gasteiger partial charge is 0.425 e. The van der Waals surface area contributed by atoms with E-state index in [1.807, 2.05) is 44.2 Å². The molecule has 1 N–H and O–H groups in total. The maximum Gasteiger partial charge on any atom is 0.313 e. The number of rotatable bonds is 5. The molecule has 2 aromatic rings. The molecule has 24 heavy (non-hydrogen) atoms. The number of esters is 1. The number of carbonyl (C=O) groups is 2. The Hall–Kier alpha value is -2.33. The monoisotopic (exact) mass is 345 g/mol. The molecule has 1 atom stereocenters. The number of nitrogens with one attached hydrogen (secondary N) is 1. The highest BCUT2D eigenvalue weighted by Crippen LogP contribution is 2.26. The fourth-order valence-corrected chi connectivity index (χ4v) is 2.47. The Kier molecular flexibility index (Phi) is 5.99. The van der Waals surface area contributed by atoms with Crippen molar-refractivity contribution in [3.05, 3.63) is 64.2 Å². The molecule has 0 saturated carbocycles. The summed E-state index contributed by atoms with van der Waals surface area (Å²) in [5.74, 6) is -0.337. The van der Waals surface area contributed by atoms with Gasteiger partial charge in [0.25, 0.3) is 0 Å². The zero-order chi connectivity index (χ0) is 17.7. The third kappa shape index (κ3) is 5.10. The van der Waals surface area contributed by atoms with E-state index in [4.69, 9.17) is 16.3 Å². The van der Waals surface area contributed by atoms with Crippen molar-refractivity contribution in [2.75, 3.05) is 0 Å². The first-order valence-electron chi connectivity index (χ1n) is 7.65. The summed E-state index contributed by atoms with van der Waals surface area (Å²) in [6.45, 7) is 5.29. The van der Waals surface area contributed by atoms with Gasteiger partial charge in [0.2, 0.25) is 5.91 Å². The van der Waals surface area contributed by atoms with Gasteiger partial charge in [-0.1, -0.05) is 47.5 Å². The predicted octanol–water partition coefficient (Wildman–Crippen LogP) is 4.13. The molecule has 0 bridgehead atoms. The first-order valence-corrected chi connectivity index (χ1v) is 8.03. The Morgan fingerprint density at radius 1 is 1.08 bits per heavy atom. The Labute approximate surface area is 146 Å². The quantitative estimate of drug-likeness (QED) is 0.654. The predicted molar refractivity (Wildman–Crippen MR) is 94.2 cm³/mol. The Bertz CT molecular complexity index is 741. The van der Waals surface area contributed by atoms with Gasteiger partial charge >= 0.3 is 5.97 Å². The summed E-state index contributed by atoms with van der Waals surface area (Å²) in [7, 11) is 0. The number of hydrogen-bond donors (Lipinski definition) is 1. The Morgan fingerprint density at radius 3 is 2.33 bits per heavy atom. The van der Waals surface area contributed by atoms with Gasteiger partial charge in [-0.2, -0.15) is 0 Å². The molecular formula is C19H20ClNO3. The number of halogens is 1. The second kappa shape index (κ2) is 7.97. The molecule has 5 heteroatoms. The summed E-state index contributed by atoms with van der Waals surface area (Å²) in [4.78, 5) is 23.7. The molecule has 0 spiro atoms. The third-order valence-electron chi connectivity index (χ3n) is 3.54. The van der Waals surface area contributed by atoms with Gasteiger partial charge in [0.05, 0.1) is 17.5 Å². The number of benzene rings is 2. The third-order valence-corrected chi connectivity index (χ3v) is 3.85. The zero-order valence-electron chi connectivity index (χ0n) is 13.9. The molecule has 126 valence electrons. The van der Waals surface area contributed by atoms with Gasteiger partial charge in [-0.05, 0) is 37.1 Å². The van der Waals surface area contributed by atoms with Gasteiger partial charge in [-0.25, -0.2) is 0 Å². The summed E-state index contributed by atoms with van der Waals surface area (Å²) in [6.07, 6.45) is 0.0207. The van der Waals surface area contributed by atoms with E-state index in [0.29, 0.717) is 10.8 Å². The molecule has 0 fully saturated rings. The number of carbonyl (C=O) groups excluding carboxylic acids is 2.